The first-order valence-corrected chi connectivity index (χ1v) is 4.91. The fourth-order valence-electron chi connectivity index (χ4n) is 2.29. The lowest BCUT2D eigenvalue weighted by Crippen LogP contribution is -2.46. The van der Waals surface area contributed by atoms with Crippen molar-refractivity contribution in [3.8, 4) is 0 Å². The highest BCUT2D eigenvalue weighted by Crippen LogP contribution is 2.44. The van der Waals surface area contributed by atoms with Gasteiger partial charge in [-0.25, -0.2) is 0 Å². The smallest absolute Gasteiger partial charge is 0.316 e. The zero-order valence-electron chi connectivity index (χ0n) is 8.54. The zero-order chi connectivity index (χ0) is 10.2. The van der Waals surface area contributed by atoms with Crippen LogP contribution in [0.3, 0.4) is 0 Å². The first-order valence-electron chi connectivity index (χ1n) is 4.91. The molecule has 1 aliphatic rings. The third-order valence-electron chi connectivity index (χ3n) is 3.20. The summed E-state index contributed by atoms with van der Waals surface area (Å²) in [5, 5.41) is 0. The number of hydrogen-bond donors (Lipinski definition) is 0. The molecular weight excluding hydrogens is 176 g/mol. The van der Waals surface area contributed by atoms with Gasteiger partial charge in [0.15, 0.2) is 0 Å². The van der Waals surface area contributed by atoms with E-state index in [0.29, 0.717) is 0 Å². The van der Waals surface area contributed by atoms with Crippen molar-refractivity contribution in [3.63, 3.8) is 0 Å². The normalized spacial score (nSPS) is 23.6. The van der Waals surface area contributed by atoms with E-state index in [0.717, 1.165) is 18.4 Å². The van der Waals surface area contributed by atoms with Crippen molar-refractivity contribution in [2.24, 2.45) is 0 Å². The summed E-state index contributed by atoms with van der Waals surface area (Å²) in [5.41, 5.74) is 2.07. The number of carbonyl (C=O) groups is 1. The Morgan fingerprint density at radius 3 is 2.79 bits per heavy atom. The SMILES string of the molecule is CCC1(C(=O)OC)Cc2ccccc21. The molecule has 1 atom stereocenters. The van der Waals surface area contributed by atoms with Crippen molar-refractivity contribution in [1.29, 1.82) is 0 Å². The number of rotatable bonds is 2. The molecular formula is C12H14O2. The van der Waals surface area contributed by atoms with Crippen LogP contribution in [0, 0.1) is 0 Å². The lowest BCUT2D eigenvalue weighted by atomic mass is 9.62. The van der Waals surface area contributed by atoms with Gasteiger partial charge in [0.05, 0.1) is 12.5 Å². The number of carbonyl (C=O) groups excluding carboxylic acids is 1. The lowest BCUT2D eigenvalue weighted by Gasteiger charge is -2.40. The molecule has 0 aromatic heterocycles. The van der Waals surface area contributed by atoms with Crippen LogP contribution in [0.4, 0.5) is 0 Å². The van der Waals surface area contributed by atoms with Gasteiger partial charge in [0.2, 0.25) is 0 Å². The number of methoxy groups -OCH3 is 1. The predicted molar refractivity (Wildman–Crippen MR) is 54.1 cm³/mol. The number of ether oxygens (including phenoxy) is 1. The number of benzene rings is 1. The van der Waals surface area contributed by atoms with Gasteiger partial charge in [0, 0.05) is 0 Å². The van der Waals surface area contributed by atoms with Gasteiger partial charge in [-0.3, -0.25) is 4.79 Å². The van der Waals surface area contributed by atoms with E-state index in [1.165, 1.54) is 12.7 Å². The largest absolute Gasteiger partial charge is 0.468 e. The molecule has 0 spiro atoms. The van der Waals surface area contributed by atoms with Crippen LogP contribution in [0.5, 0.6) is 0 Å². The summed E-state index contributed by atoms with van der Waals surface area (Å²) in [6.07, 6.45) is 1.64. The Morgan fingerprint density at radius 1 is 1.50 bits per heavy atom. The minimum atomic E-state index is -0.356. The molecule has 2 rings (SSSR count). The van der Waals surface area contributed by atoms with Crippen LogP contribution in [0.15, 0.2) is 24.3 Å². The second-order valence-corrected chi connectivity index (χ2v) is 3.76. The van der Waals surface area contributed by atoms with Crippen LogP contribution in [-0.4, -0.2) is 13.1 Å². The molecule has 2 nitrogen and oxygen atoms in total. The summed E-state index contributed by atoms with van der Waals surface area (Å²) in [5.74, 6) is -0.0984. The minimum Gasteiger partial charge on any atom is -0.468 e. The van der Waals surface area contributed by atoms with Crippen molar-refractivity contribution in [2.45, 2.75) is 25.2 Å². The highest BCUT2D eigenvalue weighted by atomic mass is 16.5. The molecule has 0 saturated carbocycles. The molecule has 2 heteroatoms. The molecule has 0 bridgehead atoms. The molecule has 0 aliphatic heterocycles. The Morgan fingerprint density at radius 2 is 2.21 bits per heavy atom. The maximum atomic E-state index is 11.7. The first kappa shape index (κ1) is 9.25. The fraction of sp³-hybridized carbons (Fsp3) is 0.417. The maximum absolute atomic E-state index is 11.7. The molecule has 1 aliphatic carbocycles. The molecule has 1 aromatic carbocycles. The van der Waals surface area contributed by atoms with E-state index in [1.54, 1.807) is 0 Å². The van der Waals surface area contributed by atoms with Crippen LogP contribution in [-0.2, 0) is 21.4 Å². The second-order valence-electron chi connectivity index (χ2n) is 3.76. The molecule has 0 saturated heterocycles. The van der Waals surface area contributed by atoms with Gasteiger partial charge in [-0.05, 0) is 24.0 Å². The predicted octanol–water partition coefficient (Wildman–Crippen LogP) is 2.06. The van der Waals surface area contributed by atoms with Crippen molar-refractivity contribution in [1.82, 2.24) is 0 Å². The van der Waals surface area contributed by atoms with Crippen LogP contribution in [0.25, 0.3) is 0 Å². The average molecular weight is 190 g/mol. The van der Waals surface area contributed by atoms with Crippen molar-refractivity contribution in [3.05, 3.63) is 35.4 Å². The summed E-state index contributed by atoms with van der Waals surface area (Å²) >= 11 is 0. The Bertz CT molecular complexity index is 370. The topological polar surface area (TPSA) is 26.3 Å². The van der Waals surface area contributed by atoms with Gasteiger partial charge in [-0.2, -0.15) is 0 Å². The molecule has 1 aromatic rings. The van der Waals surface area contributed by atoms with Crippen LogP contribution < -0.4 is 0 Å². The molecule has 0 radical (unpaired) electrons. The Labute approximate surface area is 83.9 Å². The highest BCUT2D eigenvalue weighted by molar-refractivity contribution is 5.87. The highest BCUT2D eigenvalue weighted by Gasteiger charge is 2.48. The standard InChI is InChI=1S/C12H14O2/c1-3-12(11(13)14-2)8-9-6-4-5-7-10(9)12/h4-7H,3,8H2,1-2H3. The van der Waals surface area contributed by atoms with Crippen molar-refractivity contribution < 1.29 is 9.53 Å². The van der Waals surface area contributed by atoms with E-state index in [1.807, 2.05) is 25.1 Å². The summed E-state index contributed by atoms with van der Waals surface area (Å²) in [6, 6.07) is 8.09. The lowest BCUT2D eigenvalue weighted by molar-refractivity contribution is -0.148. The summed E-state index contributed by atoms with van der Waals surface area (Å²) in [7, 11) is 1.46. The molecule has 1 unspecified atom stereocenters. The Hall–Kier alpha value is -1.31. The number of esters is 1. The molecule has 0 heterocycles. The van der Waals surface area contributed by atoms with Crippen molar-refractivity contribution in [2.75, 3.05) is 7.11 Å². The fourth-order valence-corrected chi connectivity index (χ4v) is 2.29. The molecule has 0 fully saturated rings. The molecule has 14 heavy (non-hydrogen) atoms. The third-order valence-corrected chi connectivity index (χ3v) is 3.20. The van der Waals surface area contributed by atoms with E-state index in [4.69, 9.17) is 4.74 Å². The van der Waals surface area contributed by atoms with E-state index < -0.39 is 0 Å². The number of fused-ring (bicyclic) bond motifs is 1. The van der Waals surface area contributed by atoms with Crippen LogP contribution >= 0.6 is 0 Å². The van der Waals surface area contributed by atoms with E-state index >= 15 is 0 Å². The van der Waals surface area contributed by atoms with Gasteiger partial charge in [-0.15, -0.1) is 0 Å². The third kappa shape index (κ3) is 0.999. The minimum absolute atomic E-state index is 0.0984. The number of hydrogen-bond acceptors (Lipinski definition) is 2. The van der Waals surface area contributed by atoms with Crippen LogP contribution in [0.2, 0.25) is 0 Å². The van der Waals surface area contributed by atoms with Gasteiger partial charge in [0.1, 0.15) is 0 Å². The Balaban J connectivity index is 2.42. The van der Waals surface area contributed by atoms with E-state index in [-0.39, 0.29) is 11.4 Å². The van der Waals surface area contributed by atoms with E-state index in [2.05, 4.69) is 6.07 Å². The van der Waals surface area contributed by atoms with Gasteiger partial charge >= 0.3 is 5.97 Å². The Kier molecular flexibility index (Phi) is 2.06. The first-order chi connectivity index (χ1) is 6.74. The maximum Gasteiger partial charge on any atom is 0.316 e. The van der Waals surface area contributed by atoms with Gasteiger partial charge in [-0.1, -0.05) is 31.2 Å². The summed E-state index contributed by atoms with van der Waals surface area (Å²) in [4.78, 5) is 11.7. The second kappa shape index (κ2) is 3.12. The molecule has 74 valence electrons. The average Bonchev–Trinajstić information content (AvgIpc) is 2.20. The summed E-state index contributed by atoms with van der Waals surface area (Å²) in [6.45, 7) is 2.03. The summed E-state index contributed by atoms with van der Waals surface area (Å²) < 4.78 is 4.87. The molecule has 0 N–H and O–H groups in total. The van der Waals surface area contributed by atoms with Crippen LogP contribution in [0.1, 0.15) is 24.5 Å². The monoisotopic (exact) mass is 190 g/mol. The molecule has 0 amide bonds. The van der Waals surface area contributed by atoms with E-state index in [9.17, 15) is 4.79 Å². The van der Waals surface area contributed by atoms with Crippen molar-refractivity contribution >= 4 is 5.97 Å². The van der Waals surface area contributed by atoms with Gasteiger partial charge in [0.25, 0.3) is 0 Å². The zero-order valence-corrected chi connectivity index (χ0v) is 8.54. The quantitative estimate of drug-likeness (QED) is 0.667. The van der Waals surface area contributed by atoms with Gasteiger partial charge < -0.3 is 4.74 Å².